The van der Waals surface area contributed by atoms with E-state index >= 15 is 0 Å². The highest BCUT2D eigenvalue weighted by atomic mass is 15.2. The van der Waals surface area contributed by atoms with Gasteiger partial charge in [-0.15, -0.1) is 0 Å². The van der Waals surface area contributed by atoms with Crippen LogP contribution in [0.1, 0.15) is 23.0 Å². The molecule has 0 amide bonds. The quantitative estimate of drug-likeness (QED) is 0.570. The van der Waals surface area contributed by atoms with E-state index in [2.05, 4.69) is 54.3 Å². The number of aromatic nitrogens is 2. The fraction of sp³-hybridized carbons (Fsp3) is 0.235. The molecule has 0 radical (unpaired) electrons. The number of hydrazine groups is 1. The predicted molar refractivity (Wildman–Crippen MR) is 85.7 cm³/mol. The molecule has 1 heterocycles. The Morgan fingerprint density at radius 2 is 2.00 bits per heavy atom. The Hall–Kier alpha value is -2.17. The average Bonchev–Trinajstić information content (AvgIpc) is 2.81. The third-order valence-electron chi connectivity index (χ3n) is 3.91. The average molecular weight is 280 g/mol. The van der Waals surface area contributed by atoms with E-state index in [9.17, 15) is 0 Å². The van der Waals surface area contributed by atoms with Crippen LogP contribution in [-0.4, -0.2) is 9.55 Å². The number of hydrogen-bond acceptors (Lipinski definition) is 3. The number of nitrogens with two attached hydrogens (primary N) is 1. The summed E-state index contributed by atoms with van der Waals surface area (Å²) in [6.07, 6.45) is 0.755. The highest BCUT2D eigenvalue weighted by Gasteiger charge is 2.15. The van der Waals surface area contributed by atoms with Gasteiger partial charge in [0.2, 0.25) is 0 Å². The largest absolute Gasteiger partial charge is 0.331 e. The Labute approximate surface area is 124 Å². The molecule has 1 aromatic heterocycles. The number of nitrogens with zero attached hydrogens (tertiary/aromatic N) is 2. The van der Waals surface area contributed by atoms with Gasteiger partial charge in [0.15, 0.2) is 0 Å². The van der Waals surface area contributed by atoms with Crippen molar-refractivity contribution in [2.75, 3.05) is 0 Å². The number of imidazole rings is 1. The zero-order chi connectivity index (χ0) is 14.8. The highest BCUT2D eigenvalue weighted by molar-refractivity contribution is 5.75. The fourth-order valence-electron chi connectivity index (χ4n) is 2.72. The normalized spacial score (nSPS) is 12.7. The summed E-state index contributed by atoms with van der Waals surface area (Å²) in [6, 6.07) is 16.6. The second-order valence-corrected chi connectivity index (χ2v) is 5.41. The van der Waals surface area contributed by atoms with E-state index in [1.807, 2.05) is 18.2 Å². The molecule has 0 bridgehead atoms. The number of para-hydroxylation sites is 2. The molecule has 108 valence electrons. The van der Waals surface area contributed by atoms with Crippen LogP contribution in [-0.2, 0) is 13.5 Å². The number of aryl methyl sites for hydroxylation is 2. The van der Waals surface area contributed by atoms with Crippen LogP contribution in [0.5, 0.6) is 0 Å². The molecule has 3 N–H and O–H groups in total. The number of nitrogens with one attached hydrogen (secondary N) is 1. The van der Waals surface area contributed by atoms with Gasteiger partial charge in [0, 0.05) is 13.5 Å². The SMILES string of the molecule is Cc1cccc(C(Cc2nc3ccccc3n2C)NN)c1. The molecule has 1 atom stereocenters. The molecule has 0 saturated carbocycles. The van der Waals surface area contributed by atoms with Crippen molar-refractivity contribution >= 4 is 11.0 Å². The maximum atomic E-state index is 5.76. The van der Waals surface area contributed by atoms with Crippen LogP contribution in [0.25, 0.3) is 11.0 Å². The van der Waals surface area contributed by atoms with Crippen LogP contribution in [0.3, 0.4) is 0 Å². The molecule has 0 spiro atoms. The standard InChI is InChI=1S/C17H20N4/c1-12-6-5-7-13(10-12)15(20-18)11-17-19-14-8-3-4-9-16(14)21(17)2/h3-10,15,20H,11,18H2,1-2H3. The third kappa shape index (κ3) is 2.68. The first-order chi connectivity index (χ1) is 10.2. The highest BCUT2D eigenvalue weighted by Crippen LogP contribution is 2.21. The minimum Gasteiger partial charge on any atom is -0.331 e. The van der Waals surface area contributed by atoms with Crippen LogP contribution >= 0.6 is 0 Å². The topological polar surface area (TPSA) is 55.9 Å². The molecule has 2 aromatic carbocycles. The molecule has 0 aliphatic carbocycles. The zero-order valence-corrected chi connectivity index (χ0v) is 12.4. The molecular weight excluding hydrogens is 260 g/mol. The molecular formula is C17H20N4. The van der Waals surface area contributed by atoms with Gasteiger partial charge in [-0.1, -0.05) is 42.0 Å². The molecule has 4 nitrogen and oxygen atoms in total. The minimum atomic E-state index is 0.0559. The fourth-order valence-corrected chi connectivity index (χ4v) is 2.72. The van der Waals surface area contributed by atoms with Crippen LogP contribution in [0, 0.1) is 6.92 Å². The Bertz CT molecular complexity index is 760. The van der Waals surface area contributed by atoms with Gasteiger partial charge in [-0.25, -0.2) is 4.98 Å². The van der Waals surface area contributed by atoms with Gasteiger partial charge < -0.3 is 4.57 Å². The summed E-state index contributed by atoms with van der Waals surface area (Å²) in [7, 11) is 2.05. The second-order valence-electron chi connectivity index (χ2n) is 5.41. The monoisotopic (exact) mass is 280 g/mol. The lowest BCUT2D eigenvalue weighted by molar-refractivity contribution is 0.531. The number of fused-ring (bicyclic) bond motifs is 1. The number of rotatable bonds is 4. The van der Waals surface area contributed by atoms with Crippen molar-refractivity contribution in [2.24, 2.45) is 12.9 Å². The lowest BCUT2D eigenvalue weighted by atomic mass is 10.0. The van der Waals surface area contributed by atoms with E-state index in [0.717, 1.165) is 23.3 Å². The number of benzene rings is 2. The molecule has 3 aromatic rings. The molecule has 0 aliphatic heterocycles. The van der Waals surface area contributed by atoms with Crippen LogP contribution < -0.4 is 11.3 Å². The Morgan fingerprint density at radius 1 is 1.19 bits per heavy atom. The van der Waals surface area contributed by atoms with Gasteiger partial charge in [-0.2, -0.15) is 0 Å². The maximum absolute atomic E-state index is 5.76. The van der Waals surface area contributed by atoms with Crippen molar-refractivity contribution in [3.63, 3.8) is 0 Å². The summed E-state index contributed by atoms with van der Waals surface area (Å²) in [5, 5.41) is 0. The van der Waals surface area contributed by atoms with Gasteiger partial charge >= 0.3 is 0 Å². The Kier molecular flexibility index (Phi) is 3.73. The smallest absolute Gasteiger partial charge is 0.111 e. The summed E-state index contributed by atoms with van der Waals surface area (Å²) in [5.41, 5.74) is 7.50. The van der Waals surface area contributed by atoms with Crippen LogP contribution in [0.2, 0.25) is 0 Å². The van der Waals surface area contributed by atoms with E-state index in [0.29, 0.717) is 0 Å². The molecule has 1 unspecified atom stereocenters. The molecule has 0 saturated heterocycles. The summed E-state index contributed by atoms with van der Waals surface area (Å²) in [5.74, 6) is 6.79. The lowest BCUT2D eigenvalue weighted by Crippen LogP contribution is -2.30. The van der Waals surface area contributed by atoms with Crippen molar-refractivity contribution in [1.82, 2.24) is 15.0 Å². The van der Waals surface area contributed by atoms with Crippen molar-refractivity contribution < 1.29 is 0 Å². The van der Waals surface area contributed by atoms with E-state index in [1.54, 1.807) is 0 Å². The van der Waals surface area contributed by atoms with Gasteiger partial charge in [0.05, 0.1) is 17.1 Å². The Balaban J connectivity index is 1.94. The third-order valence-corrected chi connectivity index (χ3v) is 3.91. The van der Waals surface area contributed by atoms with Crippen molar-refractivity contribution in [1.29, 1.82) is 0 Å². The first-order valence-electron chi connectivity index (χ1n) is 7.12. The molecule has 0 aliphatic rings. The first kappa shape index (κ1) is 13.8. The lowest BCUT2D eigenvalue weighted by Gasteiger charge is -2.16. The van der Waals surface area contributed by atoms with Gasteiger partial charge in [-0.3, -0.25) is 11.3 Å². The second kappa shape index (κ2) is 5.68. The molecule has 0 fully saturated rings. The zero-order valence-electron chi connectivity index (χ0n) is 12.4. The summed E-state index contributed by atoms with van der Waals surface area (Å²) >= 11 is 0. The van der Waals surface area contributed by atoms with Gasteiger partial charge in [-0.05, 0) is 24.6 Å². The van der Waals surface area contributed by atoms with Crippen molar-refractivity contribution in [3.8, 4) is 0 Å². The molecule has 21 heavy (non-hydrogen) atoms. The number of hydrogen-bond donors (Lipinski definition) is 2. The van der Waals surface area contributed by atoms with Crippen LogP contribution in [0.15, 0.2) is 48.5 Å². The van der Waals surface area contributed by atoms with Crippen molar-refractivity contribution in [3.05, 3.63) is 65.5 Å². The first-order valence-corrected chi connectivity index (χ1v) is 7.12. The summed E-state index contributed by atoms with van der Waals surface area (Å²) < 4.78 is 2.13. The van der Waals surface area contributed by atoms with Crippen molar-refractivity contribution in [2.45, 2.75) is 19.4 Å². The van der Waals surface area contributed by atoms with Crippen LogP contribution in [0.4, 0.5) is 0 Å². The van der Waals surface area contributed by atoms with E-state index in [-0.39, 0.29) is 6.04 Å². The molecule has 3 rings (SSSR count). The Morgan fingerprint density at radius 3 is 2.71 bits per heavy atom. The van der Waals surface area contributed by atoms with E-state index < -0.39 is 0 Å². The van der Waals surface area contributed by atoms with E-state index in [4.69, 9.17) is 10.8 Å². The summed E-state index contributed by atoms with van der Waals surface area (Å²) in [4.78, 5) is 4.72. The minimum absolute atomic E-state index is 0.0559. The van der Waals surface area contributed by atoms with E-state index in [1.165, 1.54) is 11.1 Å². The molecule has 4 heteroatoms. The van der Waals surface area contributed by atoms with Gasteiger partial charge in [0.1, 0.15) is 5.82 Å². The maximum Gasteiger partial charge on any atom is 0.111 e. The predicted octanol–water partition coefficient (Wildman–Crippen LogP) is 2.63. The van der Waals surface area contributed by atoms with Gasteiger partial charge in [0.25, 0.3) is 0 Å². The summed E-state index contributed by atoms with van der Waals surface area (Å²) in [6.45, 7) is 2.09.